The summed E-state index contributed by atoms with van der Waals surface area (Å²) in [6.45, 7) is 2.78. The molecule has 3 heteroatoms. The minimum absolute atomic E-state index is 0.124. The topological polar surface area (TPSA) is 18.5 Å². The van der Waals surface area contributed by atoms with Crippen molar-refractivity contribution in [2.75, 3.05) is 6.79 Å². The zero-order valence-electron chi connectivity index (χ0n) is 18.7. The van der Waals surface area contributed by atoms with Crippen molar-refractivity contribution in [1.82, 2.24) is 0 Å². The van der Waals surface area contributed by atoms with Gasteiger partial charge in [0, 0.05) is 0 Å². The lowest BCUT2D eigenvalue weighted by molar-refractivity contribution is -0.0646. The minimum atomic E-state index is -0.124. The standard InChI is InChI=1S/C29H31O2S/c1-21-16-22-18-29(17-21)19-27(29)28(22)31-20-30-23-12-14-26(15-13-23)32(24-8-4-2-5-9-24)25-10-6-3-7-11-25/h2-15,21-22,27-28H,16-20H2,1H3/q+1. The molecule has 0 N–H and O–H groups in total. The lowest BCUT2D eigenvalue weighted by Gasteiger charge is -2.30. The van der Waals surface area contributed by atoms with Gasteiger partial charge in [-0.2, -0.15) is 0 Å². The van der Waals surface area contributed by atoms with Gasteiger partial charge in [0.2, 0.25) is 0 Å². The van der Waals surface area contributed by atoms with Gasteiger partial charge in [0.25, 0.3) is 0 Å². The van der Waals surface area contributed by atoms with Gasteiger partial charge in [0.1, 0.15) is 5.75 Å². The number of rotatable bonds is 7. The summed E-state index contributed by atoms with van der Waals surface area (Å²) >= 11 is 0. The largest absolute Gasteiger partial charge is 0.468 e. The van der Waals surface area contributed by atoms with Crippen molar-refractivity contribution in [3.63, 3.8) is 0 Å². The van der Waals surface area contributed by atoms with Crippen molar-refractivity contribution in [2.24, 2.45) is 23.2 Å². The quantitative estimate of drug-likeness (QED) is 0.290. The predicted octanol–water partition coefficient (Wildman–Crippen LogP) is 6.96. The van der Waals surface area contributed by atoms with E-state index in [9.17, 15) is 0 Å². The Morgan fingerprint density at radius 3 is 2.06 bits per heavy atom. The number of fused-ring (bicyclic) bond motifs is 1. The van der Waals surface area contributed by atoms with E-state index in [1.54, 1.807) is 0 Å². The average molecular weight is 444 g/mol. The van der Waals surface area contributed by atoms with E-state index < -0.39 is 0 Å². The van der Waals surface area contributed by atoms with Crippen LogP contribution in [-0.4, -0.2) is 12.9 Å². The first-order valence-electron chi connectivity index (χ1n) is 11.9. The van der Waals surface area contributed by atoms with Gasteiger partial charge in [0.05, 0.1) is 17.0 Å². The molecule has 2 bridgehead atoms. The van der Waals surface area contributed by atoms with Crippen LogP contribution < -0.4 is 4.74 Å². The van der Waals surface area contributed by atoms with Crippen LogP contribution >= 0.6 is 0 Å². The molecule has 0 aromatic heterocycles. The maximum absolute atomic E-state index is 6.31. The van der Waals surface area contributed by atoms with Crippen molar-refractivity contribution in [3.05, 3.63) is 84.9 Å². The van der Waals surface area contributed by atoms with Gasteiger partial charge in [-0.3, -0.25) is 0 Å². The fourth-order valence-electron chi connectivity index (χ4n) is 6.50. The number of hydrogen-bond donors (Lipinski definition) is 0. The summed E-state index contributed by atoms with van der Waals surface area (Å²) in [4.78, 5) is 3.96. The summed E-state index contributed by atoms with van der Waals surface area (Å²) in [5.74, 6) is 3.30. The zero-order valence-corrected chi connectivity index (χ0v) is 19.5. The molecule has 3 saturated carbocycles. The SMILES string of the molecule is CC1CC2CC3(C1)CC3C2OCOc1ccc([S+](c2ccccc2)c2ccccc2)cc1. The molecule has 164 valence electrons. The first-order chi connectivity index (χ1) is 15.7. The van der Waals surface area contributed by atoms with E-state index in [0.29, 0.717) is 18.3 Å². The minimum Gasteiger partial charge on any atom is -0.468 e. The van der Waals surface area contributed by atoms with Gasteiger partial charge in [0.15, 0.2) is 21.5 Å². The highest BCUT2D eigenvalue weighted by Gasteiger charge is 2.67. The molecule has 2 nitrogen and oxygen atoms in total. The maximum atomic E-state index is 6.31. The fraction of sp³-hybridized carbons (Fsp3) is 0.379. The van der Waals surface area contributed by atoms with Crippen molar-refractivity contribution in [2.45, 2.75) is 53.4 Å². The molecule has 0 amide bonds. The molecule has 0 saturated heterocycles. The molecule has 5 atom stereocenters. The van der Waals surface area contributed by atoms with Gasteiger partial charge >= 0.3 is 0 Å². The van der Waals surface area contributed by atoms with E-state index >= 15 is 0 Å². The average Bonchev–Trinajstić information content (AvgIpc) is 3.44. The lowest BCUT2D eigenvalue weighted by atomic mass is 9.77. The summed E-state index contributed by atoms with van der Waals surface area (Å²) in [7, 11) is -0.124. The second-order valence-electron chi connectivity index (χ2n) is 9.98. The number of benzene rings is 3. The molecule has 3 aliphatic carbocycles. The van der Waals surface area contributed by atoms with Crippen LogP contribution in [0.4, 0.5) is 0 Å². The van der Waals surface area contributed by atoms with E-state index in [-0.39, 0.29) is 10.9 Å². The second kappa shape index (κ2) is 8.28. The van der Waals surface area contributed by atoms with Crippen LogP contribution in [0.1, 0.15) is 32.6 Å². The third-order valence-electron chi connectivity index (χ3n) is 7.75. The molecular formula is C29H31O2S+. The van der Waals surface area contributed by atoms with Crippen LogP contribution in [0.25, 0.3) is 0 Å². The summed E-state index contributed by atoms with van der Waals surface area (Å²) in [5, 5.41) is 0. The van der Waals surface area contributed by atoms with Crippen LogP contribution in [0.15, 0.2) is 99.6 Å². The highest BCUT2D eigenvalue weighted by Crippen LogP contribution is 2.72. The number of ether oxygens (including phenoxy) is 2. The van der Waals surface area contributed by atoms with Crippen molar-refractivity contribution < 1.29 is 9.47 Å². The fourth-order valence-corrected chi connectivity index (χ4v) is 8.58. The first-order valence-corrected chi connectivity index (χ1v) is 13.1. The van der Waals surface area contributed by atoms with Gasteiger partial charge in [-0.25, -0.2) is 0 Å². The van der Waals surface area contributed by atoms with Crippen LogP contribution in [0, 0.1) is 23.2 Å². The van der Waals surface area contributed by atoms with Crippen LogP contribution in [0.2, 0.25) is 0 Å². The summed E-state index contributed by atoms with van der Waals surface area (Å²) in [6.07, 6.45) is 5.94. The summed E-state index contributed by atoms with van der Waals surface area (Å²) in [5.41, 5.74) is 0.638. The molecule has 32 heavy (non-hydrogen) atoms. The van der Waals surface area contributed by atoms with E-state index in [2.05, 4.69) is 91.9 Å². The van der Waals surface area contributed by atoms with E-state index in [4.69, 9.17) is 9.47 Å². The zero-order chi connectivity index (χ0) is 21.5. The molecule has 0 aliphatic heterocycles. The Morgan fingerprint density at radius 2 is 1.41 bits per heavy atom. The second-order valence-corrected chi connectivity index (χ2v) is 12.0. The molecular weight excluding hydrogens is 412 g/mol. The van der Waals surface area contributed by atoms with Gasteiger partial charge in [-0.15, -0.1) is 0 Å². The van der Waals surface area contributed by atoms with E-state index in [1.807, 2.05) is 0 Å². The molecule has 3 aliphatic rings. The first kappa shape index (κ1) is 20.4. The van der Waals surface area contributed by atoms with E-state index in [0.717, 1.165) is 23.5 Å². The molecule has 5 unspecified atom stereocenters. The molecule has 0 radical (unpaired) electrons. The van der Waals surface area contributed by atoms with Crippen LogP contribution in [-0.2, 0) is 15.6 Å². The van der Waals surface area contributed by atoms with Crippen molar-refractivity contribution in [1.29, 1.82) is 0 Å². The molecule has 3 aromatic carbocycles. The van der Waals surface area contributed by atoms with E-state index in [1.165, 1.54) is 40.4 Å². The highest BCUT2D eigenvalue weighted by atomic mass is 32.2. The lowest BCUT2D eigenvalue weighted by Crippen LogP contribution is -2.27. The number of hydrogen-bond acceptors (Lipinski definition) is 2. The van der Waals surface area contributed by atoms with Crippen molar-refractivity contribution >= 4 is 10.9 Å². The normalized spacial score (nSPS) is 30.2. The molecule has 3 aromatic rings. The Labute approximate surface area is 194 Å². The maximum Gasteiger partial charge on any atom is 0.189 e. The summed E-state index contributed by atoms with van der Waals surface area (Å²) < 4.78 is 12.3. The molecule has 6 rings (SSSR count). The van der Waals surface area contributed by atoms with Crippen LogP contribution in [0.5, 0.6) is 5.75 Å². The van der Waals surface area contributed by atoms with Gasteiger partial charge in [-0.05, 0) is 97.4 Å². The Bertz CT molecular complexity index is 1010. The third kappa shape index (κ3) is 3.76. The Morgan fingerprint density at radius 1 is 0.781 bits per heavy atom. The third-order valence-corrected chi connectivity index (χ3v) is 9.98. The predicted molar refractivity (Wildman–Crippen MR) is 129 cm³/mol. The van der Waals surface area contributed by atoms with Gasteiger partial charge < -0.3 is 9.47 Å². The monoisotopic (exact) mass is 443 g/mol. The van der Waals surface area contributed by atoms with Crippen molar-refractivity contribution in [3.8, 4) is 5.75 Å². The molecule has 3 fully saturated rings. The van der Waals surface area contributed by atoms with Gasteiger partial charge in [-0.1, -0.05) is 43.3 Å². The Hall–Kier alpha value is -2.23. The molecule has 1 spiro atoms. The molecule has 0 heterocycles. The smallest absolute Gasteiger partial charge is 0.189 e. The Balaban J connectivity index is 1.13. The summed E-state index contributed by atoms with van der Waals surface area (Å²) in [6, 6.07) is 30.1. The van der Waals surface area contributed by atoms with Crippen LogP contribution in [0.3, 0.4) is 0 Å². The Kier molecular flexibility index (Phi) is 5.27. The highest BCUT2D eigenvalue weighted by molar-refractivity contribution is 7.97.